The molecule has 1 saturated heterocycles. The Balaban J connectivity index is 1.79. The van der Waals surface area contributed by atoms with Crippen molar-refractivity contribution in [3.05, 3.63) is 59.7 Å². The lowest BCUT2D eigenvalue weighted by Gasteiger charge is -2.28. The third-order valence-corrected chi connectivity index (χ3v) is 6.65. The summed E-state index contributed by atoms with van der Waals surface area (Å²) in [5, 5.41) is 5.13. The Morgan fingerprint density at radius 3 is 2.26 bits per heavy atom. The van der Waals surface area contributed by atoms with Gasteiger partial charge in [0.15, 0.2) is 0 Å². The van der Waals surface area contributed by atoms with Crippen LogP contribution in [0.1, 0.15) is 42.1 Å². The van der Waals surface area contributed by atoms with Crippen LogP contribution in [0.15, 0.2) is 53.4 Å². The largest absolute Gasteiger partial charge is 0.465 e. The highest BCUT2D eigenvalue weighted by Crippen LogP contribution is 2.27. The van der Waals surface area contributed by atoms with Crippen LogP contribution in [0.4, 0.5) is 5.69 Å². The van der Waals surface area contributed by atoms with Gasteiger partial charge in [0.2, 0.25) is 21.8 Å². The molecule has 2 aromatic carbocycles. The van der Waals surface area contributed by atoms with Gasteiger partial charge in [-0.1, -0.05) is 19.1 Å². The molecule has 1 heterocycles. The molecule has 35 heavy (non-hydrogen) atoms. The maximum atomic E-state index is 13.2. The molecule has 1 fully saturated rings. The van der Waals surface area contributed by atoms with Crippen molar-refractivity contribution < 1.29 is 32.3 Å². The first-order chi connectivity index (χ1) is 16.6. The lowest BCUT2D eigenvalue weighted by molar-refractivity contribution is -0.138. The second-order valence-corrected chi connectivity index (χ2v) is 9.66. The fraction of sp³-hybridized carbons (Fsp3) is 0.333. The lowest BCUT2D eigenvalue weighted by atomic mass is 10.1. The summed E-state index contributed by atoms with van der Waals surface area (Å²) in [5.41, 5.74) is 1.33. The standard InChI is InChI=1S/C24H27N3O7S/c1-3-4-21(28)26(14-13-16-5-11-19(12-6-16)35(25,32)33)20-15-22(29)27(23(20)30)18-9-7-17(8-10-18)24(31)34-2/h5-12,20H,3-4,13-15H2,1-2H3,(H2,25,32,33). The Bertz CT molecular complexity index is 1220. The van der Waals surface area contributed by atoms with Crippen molar-refractivity contribution >= 4 is 39.4 Å². The van der Waals surface area contributed by atoms with E-state index in [-0.39, 0.29) is 35.8 Å². The van der Waals surface area contributed by atoms with Crippen LogP contribution in [-0.2, 0) is 35.6 Å². The topological polar surface area (TPSA) is 144 Å². The molecule has 11 heteroatoms. The Labute approximate surface area is 203 Å². The van der Waals surface area contributed by atoms with Gasteiger partial charge in [0.25, 0.3) is 5.91 Å². The van der Waals surface area contributed by atoms with Crippen LogP contribution in [0.25, 0.3) is 0 Å². The first kappa shape index (κ1) is 26.0. The van der Waals surface area contributed by atoms with Gasteiger partial charge in [0.05, 0.1) is 29.7 Å². The minimum atomic E-state index is -3.82. The van der Waals surface area contributed by atoms with Gasteiger partial charge >= 0.3 is 5.97 Å². The number of primary sulfonamides is 1. The number of methoxy groups -OCH3 is 1. The Kier molecular flexibility index (Phi) is 8.03. The number of hydrogen-bond donors (Lipinski definition) is 1. The number of esters is 1. The van der Waals surface area contributed by atoms with E-state index in [0.717, 1.165) is 10.5 Å². The normalized spacial score (nSPS) is 15.9. The van der Waals surface area contributed by atoms with Crippen molar-refractivity contribution in [2.45, 2.75) is 43.5 Å². The molecule has 186 valence electrons. The summed E-state index contributed by atoms with van der Waals surface area (Å²) in [6.45, 7) is 2.02. The molecule has 0 aliphatic carbocycles. The fourth-order valence-corrected chi connectivity index (χ4v) is 4.42. The summed E-state index contributed by atoms with van der Waals surface area (Å²) < 4.78 is 27.6. The quantitative estimate of drug-likeness (QED) is 0.406. The molecule has 0 radical (unpaired) electrons. The van der Waals surface area contributed by atoms with Crippen LogP contribution >= 0.6 is 0 Å². The van der Waals surface area contributed by atoms with Crippen molar-refractivity contribution in [2.24, 2.45) is 5.14 Å². The Hall–Kier alpha value is -3.57. The molecule has 10 nitrogen and oxygen atoms in total. The van der Waals surface area contributed by atoms with Crippen LogP contribution in [0.2, 0.25) is 0 Å². The number of benzene rings is 2. The minimum Gasteiger partial charge on any atom is -0.465 e. The predicted molar refractivity (Wildman–Crippen MR) is 127 cm³/mol. The highest BCUT2D eigenvalue weighted by atomic mass is 32.2. The van der Waals surface area contributed by atoms with Gasteiger partial charge in [0.1, 0.15) is 6.04 Å². The van der Waals surface area contributed by atoms with Crippen LogP contribution in [0.3, 0.4) is 0 Å². The molecule has 1 unspecified atom stereocenters. The summed E-state index contributed by atoms with van der Waals surface area (Å²) in [7, 11) is -2.56. The average Bonchev–Trinajstić information content (AvgIpc) is 3.12. The maximum absolute atomic E-state index is 13.2. The SMILES string of the molecule is CCCC(=O)N(CCc1ccc(S(N)(=O)=O)cc1)C1CC(=O)N(c2ccc(C(=O)OC)cc2)C1=O. The van der Waals surface area contributed by atoms with E-state index in [2.05, 4.69) is 4.74 Å². The third-order valence-electron chi connectivity index (χ3n) is 5.72. The molecular weight excluding hydrogens is 474 g/mol. The second-order valence-electron chi connectivity index (χ2n) is 8.10. The molecule has 1 aliphatic heterocycles. The molecular formula is C24H27N3O7S. The van der Waals surface area contributed by atoms with Crippen LogP contribution in [-0.4, -0.2) is 56.7 Å². The molecule has 1 atom stereocenters. The number of anilines is 1. The Morgan fingerprint density at radius 2 is 1.71 bits per heavy atom. The number of hydrogen-bond acceptors (Lipinski definition) is 7. The first-order valence-corrected chi connectivity index (χ1v) is 12.6. The smallest absolute Gasteiger partial charge is 0.337 e. The molecule has 2 aromatic rings. The zero-order valence-electron chi connectivity index (χ0n) is 19.5. The fourth-order valence-electron chi connectivity index (χ4n) is 3.90. The van der Waals surface area contributed by atoms with E-state index < -0.39 is 33.8 Å². The number of carbonyl (C=O) groups excluding carboxylic acids is 4. The molecule has 1 aliphatic rings. The highest BCUT2D eigenvalue weighted by molar-refractivity contribution is 7.89. The number of imide groups is 1. The van der Waals surface area contributed by atoms with Gasteiger partial charge in [-0.15, -0.1) is 0 Å². The summed E-state index contributed by atoms with van der Waals surface area (Å²) >= 11 is 0. The zero-order chi connectivity index (χ0) is 25.8. The van der Waals surface area contributed by atoms with Crippen LogP contribution < -0.4 is 10.0 Å². The number of nitrogens with two attached hydrogens (primary N) is 1. The molecule has 3 rings (SSSR count). The number of rotatable bonds is 9. The third kappa shape index (κ3) is 5.92. The van der Waals surface area contributed by atoms with E-state index in [9.17, 15) is 27.6 Å². The summed E-state index contributed by atoms with van der Waals surface area (Å²) in [6, 6.07) is 10.9. The number of nitrogens with zero attached hydrogens (tertiary/aromatic N) is 2. The van der Waals surface area contributed by atoms with Gasteiger partial charge in [-0.2, -0.15) is 0 Å². The van der Waals surface area contributed by atoms with Crippen LogP contribution in [0, 0.1) is 0 Å². The van der Waals surface area contributed by atoms with Gasteiger partial charge in [-0.3, -0.25) is 14.4 Å². The van der Waals surface area contributed by atoms with E-state index in [1.807, 2.05) is 6.92 Å². The van der Waals surface area contributed by atoms with E-state index in [4.69, 9.17) is 5.14 Å². The van der Waals surface area contributed by atoms with Crippen LogP contribution in [0.5, 0.6) is 0 Å². The van der Waals surface area contributed by atoms with Gasteiger partial charge < -0.3 is 9.64 Å². The summed E-state index contributed by atoms with van der Waals surface area (Å²) in [4.78, 5) is 53.0. The molecule has 3 amide bonds. The van der Waals surface area contributed by atoms with E-state index in [1.165, 1.54) is 48.4 Å². The number of amides is 3. The first-order valence-electron chi connectivity index (χ1n) is 11.0. The monoisotopic (exact) mass is 501 g/mol. The van der Waals surface area contributed by atoms with E-state index in [1.54, 1.807) is 12.1 Å². The number of sulfonamides is 1. The van der Waals surface area contributed by atoms with Gasteiger partial charge in [-0.25, -0.2) is 23.3 Å². The van der Waals surface area contributed by atoms with E-state index in [0.29, 0.717) is 18.5 Å². The predicted octanol–water partition coefficient (Wildman–Crippen LogP) is 1.62. The van der Waals surface area contributed by atoms with Gasteiger partial charge in [0, 0.05) is 13.0 Å². The van der Waals surface area contributed by atoms with Crippen molar-refractivity contribution in [3.63, 3.8) is 0 Å². The zero-order valence-corrected chi connectivity index (χ0v) is 20.3. The molecule has 0 spiro atoms. The van der Waals surface area contributed by atoms with Gasteiger partial charge in [-0.05, 0) is 54.8 Å². The average molecular weight is 502 g/mol. The molecule has 0 aromatic heterocycles. The summed E-state index contributed by atoms with van der Waals surface area (Å²) in [5.74, 6) is -1.75. The number of ether oxygens (including phenoxy) is 1. The van der Waals surface area contributed by atoms with Crippen molar-refractivity contribution in [1.29, 1.82) is 0 Å². The van der Waals surface area contributed by atoms with Crippen molar-refractivity contribution in [1.82, 2.24) is 4.90 Å². The maximum Gasteiger partial charge on any atom is 0.337 e. The molecule has 2 N–H and O–H groups in total. The van der Waals surface area contributed by atoms with Crippen molar-refractivity contribution in [3.8, 4) is 0 Å². The number of carbonyl (C=O) groups is 4. The Morgan fingerprint density at radius 1 is 1.09 bits per heavy atom. The van der Waals surface area contributed by atoms with Crippen molar-refractivity contribution in [2.75, 3.05) is 18.6 Å². The minimum absolute atomic E-state index is 0.0226. The highest BCUT2D eigenvalue weighted by Gasteiger charge is 2.44. The second kappa shape index (κ2) is 10.8. The lowest BCUT2D eigenvalue weighted by Crippen LogP contribution is -2.46. The summed E-state index contributed by atoms with van der Waals surface area (Å²) in [6.07, 6.45) is 0.992. The van der Waals surface area contributed by atoms with E-state index >= 15 is 0 Å². The molecule has 0 bridgehead atoms. The molecule has 0 saturated carbocycles.